The molecule has 0 aliphatic rings. The summed E-state index contributed by atoms with van der Waals surface area (Å²) in [5, 5.41) is 11.5. The number of thiophene rings is 1. The second-order valence-corrected chi connectivity index (χ2v) is 13.9. The van der Waals surface area contributed by atoms with Crippen molar-refractivity contribution in [1.82, 2.24) is 9.71 Å². The molecule has 4 rings (SSSR count). The van der Waals surface area contributed by atoms with Crippen LogP contribution in [-0.2, 0) is 17.0 Å². The van der Waals surface area contributed by atoms with Crippen LogP contribution in [-0.4, -0.2) is 19.4 Å². The molecule has 0 bridgehead atoms. The van der Waals surface area contributed by atoms with Crippen LogP contribution in [0.4, 0.5) is 4.39 Å². The Kier molecular flexibility index (Phi) is 7.44. The van der Waals surface area contributed by atoms with Crippen LogP contribution >= 0.6 is 27.3 Å². The standard InChI is InChI=1S/C27H28BrFN2O2S2/c1-26(2,3)35(33)31-24(23-19(28)10-7-11-20(23)29)22-14-16-8-6-9-18(25(16)34-22)21-15-17(12-13-30-21)27(4,5)32/h6-15,24,31-32H,1-5H3/t24?,35-/m0/s1. The quantitative estimate of drug-likeness (QED) is 0.238. The molecule has 0 radical (unpaired) electrons. The molecule has 0 aliphatic heterocycles. The maximum absolute atomic E-state index is 15.1. The fraction of sp³-hybridized carbons (Fsp3) is 0.296. The second-order valence-electron chi connectivity index (χ2n) is 9.93. The summed E-state index contributed by atoms with van der Waals surface area (Å²) in [5.41, 5.74) is 1.87. The smallest absolute Gasteiger partial charge is 0.136 e. The van der Waals surface area contributed by atoms with E-state index in [1.165, 1.54) is 17.4 Å². The third kappa shape index (κ3) is 5.63. The summed E-state index contributed by atoms with van der Waals surface area (Å²) >= 11 is 3.59. The molecule has 8 heteroatoms. The number of pyridine rings is 1. The van der Waals surface area contributed by atoms with Gasteiger partial charge in [0.25, 0.3) is 0 Å². The van der Waals surface area contributed by atoms with E-state index in [4.69, 9.17) is 0 Å². The second kappa shape index (κ2) is 9.92. The Morgan fingerprint density at radius 1 is 1.09 bits per heavy atom. The van der Waals surface area contributed by atoms with Gasteiger partial charge in [-0.3, -0.25) is 4.98 Å². The molecular formula is C27H28BrFN2O2S2. The van der Waals surface area contributed by atoms with Crippen molar-refractivity contribution in [3.63, 3.8) is 0 Å². The number of nitrogens with one attached hydrogen (secondary N) is 1. The summed E-state index contributed by atoms with van der Waals surface area (Å²) in [5.74, 6) is -0.375. The van der Waals surface area contributed by atoms with E-state index in [9.17, 15) is 9.66 Å². The van der Waals surface area contributed by atoms with Gasteiger partial charge in [0.1, 0.15) is 16.6 Å². The number of fused-ring (bicyclic) bond motifs is 1. The number of rotatable bonds is 6. The average molecular weight is 576 g/mol. The first-order chi connectivity index (χ1) is 16.4. The lowest BCUT2D eigenvalue weighted by Gasteiger charge is -2.28. The molecule has 35 heavy (non-hydrogen) atoms. The first-order valence-corrected chi connectivity index (χ1v) is 14.0. The van der Waals surface area contributed by atoms with Gasteiger partial charge in [0, 0.05) is 42.7 Å². The van der Waals surface area contributed by atoms with Crippen molar-refractivity contribution >= 4 is 48.7 Å². The van der Waals surface area contributed by atoms with Crippen LogP contribution in [0.3, 0.4) is 0 Å². The van der Waals surface area contributed by atoms with E-state index in [0.717, 1.165) is 31.8 Å². The van der Waals surface area contributed by atoms with E-state index in [0.29, 0.717) is 10.0 Å². The fourth-order valence-electron chi connectivity index (χ4n) is 3.71. The van der Waals surface area contributed by atoms with Crippen LogP contribution in [0.2, 0.25) is 0 Å². The largest absolute Gasteiger partial charge is 0.598 e. The molecule has 184 valence electrons. The molecule has 2 aromatic heterocycles. The van der Waals surface area contributed by atoms with Gasteiger partial charge < -0.3 is 9.66 Å². The molecule has 0 spiro atoms. The van der Waals surface area contributed by atoms with Gasteiger partial charge in [0.05, 0.1) is 11.3 Å². The molecule has 4 nitrogen and oxygen atoms in total. The van der Waals surface area contributed by atoms with Crippen LogP contribution in [0.5, 0.6) is 0 Å². The highest BCUT2D eigenvalue weighted by Gasteiger charge is 2.33. The highest BCUT2D eigenvalue weighted by atomic mass is 79.9. The van der Waals surface area contributed by atoms with Crippen LogP contribution < -0.4 is 4.72 Å². The summed E-state index contributed by atoms with van der Waals surface area (Å²) in [4.78, 5) is 5.40. The first kappa shape index (κ1) is 26.3. The summed E-state index contributed by atoms with van der Waals surface area (Å²) in [6.07, 6.45) is 1.70. The van der Waals surface area contributed by atoms with Gasteiger partial charge in [-0.2, -0.15) is 0 Å². The van der Waals surface area contributed by atoms with Crippen molar-refractivity contribution in [2.45, 2.75) is 51.0 Å². The van der Waals surface area contributed by atoms with E-state index < -0.39 is 27.8 Å². The number of aliphatic hydroxyl groups is 1. The van der Waals surface area contributed by atoms with E-state index in [-0.39, 0.29) is 5.82 Å². The Morgan fingerprint density at radius 3 is 2.46 bits per heavy atom. The molecule has 2 N–H and O–H groups in total. The van der Waals surface area contributed by atoms with Crippen molar-refractivity contribution < 1.29 is 14.0 Å². The Hall–Kier alpha value is -1.81. The predicted octanol–water partition coefficient (Wildman–Crippen LogP) is 7.23. The van der Waals surface area contributed by atoms with E-state index >= 15 is 4.39 Å². The van der Waals surface area contributed by atoms with Crippen molar-refractivity contribution in [1.29, 1.82) is 0 Å². The van der Waals surface area contributed by atoms with E-state index in [2.05, 4.69) is 25.6 Å². The third-order valence-corrected chi connectivity index (χ3v) is 9.16. The van der Waals surface area contributed by atoms with Crippen LogP contribution in [0.1, 0.15) is 56.7 Å². The summed E-state index contributed by atoms with van der Waals surface area (Å²) in [6.45, 7) is 9.14. The molecular weight excluding hydrogens is 547 g/mol. The number of nitrogens with zero attached hydrogens (tertiary/aromatic N) is 1. The molecule has 1 unspecified atom stereocenters. The monoisotopic (exact) mass is 574 g/mol. The minimum Gasteiger partial charge on any atom is -0.598 e. The fourth-order valence-corrected chi connectivity index (χ4v) is 6.42. The highest BCUT2D eigenvalue weighted by molar-refractivity contribution is 9.10. The van der Waals surface area contributed by atoms with Crippen molar-refractivity contribution in [3.05, 3.63) is 87.1 Å². The Labute approximate surface area is 221 Å². The van der Waals surface area contributed by atoms with E-state index in [1.54, 1.807) is 38.2 Å². The highest BCUT2D eigenvalue weighted by Crippen LogP contribution is 2.41. The number of aromatic nitrogens is 1. The lowest BCUT2D eigenvalue weighted by atomic mass is 9.97. The maximum Gasteiger partial charge on any atom is 0.136 e. The number of benzene rings is 2. The van der Waals surface area contributed by atoms with Gasteiger partial charge in [-0.05, 0) is 75.9 Å². The van der Waals surface area contributed by atoms with Crippen LogP contribution in [0.15, 0.2) is 65.3 Å². The predicted molar refractivity (Wildman–Crippen MR) is 147 cm³/mol. The molecule has 0 fully saturated rings. The molecule has 4 aromatic rings. The maximum atomic E-state index is 15.1. The lowest BCUT2D eigenvalue weighted by Crippen LogP contribution is -2.41. The Morgan fingerprint density at radius 2 is 1.80 bits per heavy atom. The number of hydrogen-bond donors (Lipinski definition) is 2. The SMILES string of the molecule is CC(C)(O)c1ccnc(-c2cccc3cc(C(N[S@@+]([O-])C(C)(C)C)c4c(F)cccc4Br)sc23)c1. The van der Waals surface area contributed by atoms with Crippen molar-refractivity contribution in [2.75, 3.05) is 0 Å². The zero-order valence-corrected chi connectivity index (χ0v) is 23.4. The Bertz CT molecular complexity index is 1340. The zero-order chi connectivity index (χ0) is 25.5. The molecule has 0 aliphatic carbocycles. The summed E-state index contributed by atoms with van der Waals surface area (Å²) in [7, 11) is 0. The van der Waals surface area contributed by atoms with Gasteiger partial charge >= 0.3 is 0 Å². The molecule has 2 atom stereocenters. The molecule has 0 saturated heterocycles. The number of hydrogen-bond acceptors (Lipinski definition) is 5. The summed E-state index contributed by atoms with van der Waals surface area (Å²) in [6, 6.07) is 15.9. The average Bonchev–Trinajstić information content (AvgIpc) is 3.21. The van der Waals surface area contributed by atoms with Gasteiger partial charge in [-0.15, -0.1) is 16.1 Å². The Balaban J connectivity index is 1.87. The van der Waals surface area contributed by atoms with Crippen LogP contribution in [0.25, 0.3) is 21.3 Å². The van der Waals surface area contributed by atoms with Gasteiger partial charge in [-0.1, -0.05) is 40.2 Å². The third-order valence-electron chi connectivity index (χ3n) is 5.66. The van der Waals surface area contributed by atoms with Crippen molar-refractivity contribution in [3.8, 4) is 11.3 Å². The zero-order valence-electron chi connectivity index (χ0n) is 20.2. The van der Waals surface area contributed by atoms with Crippen molar-refractivity contribution in [2.24, 2.45) is 0 Å². The number of halogens is 2. The first-order valence-electron chi connectivity index (χ1n) is 11.2. The van der Waals surface area contributed by atoms with Crippen LogP contribution in [0, 0.1) is 5.82 Å². The molecule has 0 saturated carbocycles. The van der Waals surface area contributed by atoms with E-state index in [1.807, 2.05) is 51.1 Å². The van der Waals surface area contributed by atoms with Gasteiger partial charge in [0.15, 0.2) is 0 Å². The minimum atomic E-state index is -1.43. The lowest BCUT2D eigenvalue weighted by molar-refractivity contribution is 0.0785. The normalized spacial score (nSPS) is 14.3. The van der Waals surface area contributed by atoms with Gasteiger partial charge in [0.2, 0.25) is 0 Å². The molecule has 2 aromatic carbocycles. The summed E-state index contributed by atoms with van der Waals surface area (Å²) < 4.78 is 32.5. The van der Waals surface area contributed by atoms with Gasteiger partial charge in [-0.25, -0.2) is 4.39 Å². The minimum absolute atomic E-state index is 0.375. The topological polar surface area (TPSA) is 68.2 Å². The molecule has 0 amide bonds. The molecule has 2 heterocycles.